The van der Waals surface area contributed by atoms with Crippen LogP contribution in [0.4, 0.5) is 0 Å². The van der Waals surface area contributed by atoms with Gasteiger partial charge in [0.2, 0.25) is 12.3 Å². The average molecular weight is 428 g/mol. The first-order valence-corrected chi connectivity index (χ1v) is 9.46. The lowest BCUT2D eigenvalue weighted by atomic mass is 10.1. The van der Waals surface area contributed by atoms with Gasteiger partial charge in [0, 0.05) is 34.8 Å². The van der Waals surface area contributed by atoms with Gasteiger partial charge in [0.15, 0.2) is 11.9 Å². The Morgan fingerprint density at radius 3 is 2.27 bits per heavy atom. The van der Waals surface area contributed by atoms with E-state index in [-0.39, 0.29) is 22.8 Å². The SMILES string of the molecule is Cc1ccc(CCSc2ccccc2)c[n+]1CC(=O)c1ccccc1.[Br-]. The van der Waals surface area contributed by atoms with Crippen molar-refractivity contribution in [3.05, 3.63) is 95.8 Å². The molecule has 0 spiro atoms. The zero-order valence-electron chi connectivity index (χ0n) is 14.8. The van der Waals surface area contributed by atoms with Gasteiger partial charge in [-0.1, -0.05) is 48.5 Å². The van der Waals surface area contributed by atoms with E-state index in [1.54, 1.807) is 0 Å². The van der Waals surface area contributed by atoms with Crippen LogP contribution in [0.25, 0.3) is 0 Å². The fourth-order valence-electron chi connectivity index (χ4n) is 2.66. The van der Waals surface area contributed by atoms with Gasteiger partial charge in [-0.2, -0.15) is 4.57 Å². The molecule has 4 heteroatoms. The average Bonchev–Trinajstić information content (AvgIpc) is 2.66. The van der Waals surface area contributed by atoms with Crippen LogP contribution in [0.1, 0.15) is 21.6 Å². The molecule has 0 aliphatic carbocycles. The van der Waals surface area contributed by atoms with E-state index in [4.69, 9.17) is 0 Å². The summed E-state index contributed by atoms with van der Waals surface area (Å²) in [5.74, 6) is 1.17. The molecule has 0 radical (unpaired) electrons. The van der Waals surface area contributed by atoms with E-state index in [9.17, 15) is 4.79 Å². The Hall–Kier alpha value is -1.91. The number of hydrogen-bond acceptors (Lipinski definition) is 2. The summed E-state index contributed by atoms with van der Waals surface area (Å²) in [5.41, 5.74) is 3.12. The molecule has 0 aliphatic heterocycles. The number of pyridine rings is 1. The molecule has 0 N–H and O–H groups in total. The largest absolute Gasteiger partial charge is 1.00 e. The molecular formula is C22H22BrNOS. The highest BCUT2D eigenvalue weighted by molar-refractivity contribution is 7.99. The molecule has 1 heterocycles. The molecule has 0 atom stereocenters. The molecule has 0 unspecified atom stereocenters. The third kappa shape index (κ3) is 5.82. The molecule has 134 valence electrons. The molecule has 3 rings (SSSR count). The topological polar surface area (TPSA) is 20.9 Å². The maximum absolute atomic E-state index is 12.5. The molecule has 0 saturated carbocycles. The number of carbonyl (C=O) groups excluding carboxylic acids is 1. The molecule has 0 amide bonds. The summed E-state index contributed by atoms with van der Waals surface area (Å²) in [6, 6.07) is 24.2. The van der Waals surface area contributed by atoms with Gasteiger partial charge < -0.3 is 17.0 Å². The van der Waals surface area contributed by atoms with Gasteiger partial charge in [-0.15, -0.1) is 11.8 Å². The zero-order chi connectivity index (χ0) is 17.5. The summed E-state index contributed by atoms with van der Waals surface area (Å²) in [4.78, 5) is 13.7. The van der Waals surface area contributed by atoms with Crippen LogP contribution in [-0.4, -0.2) is 11.5 Å². The van der Waals surface area contributed by atoms with Crippen molar-refractivity contribution < 1.29 is 26.3 Å². The predicted octanol–water partition coefficient (Wildman–Crippen LogP) is 1.50. The van der Waals surface area contributed by atoms with Crippen molar-refractivity contribution in [1.82, 2.24) is 0 Å². The minimum Gasteiger partial charge on any atom is -1.00 e. The predicted molar refractivity (Wildman–Crippen MR) is 103 cm³/mol. The number of ketones is 1. The second-order valence-electron chi connectivity index (χ2n) is 6.01. The van der Waals surface area contributed by atoms with E-state index in [0.717, 1.165) is 23.4 Å². The number of Topliss-reactive ketones (excluding diaryl/α,β-unsaturated/α-hetero) is 1. The quantitative estimate of drug-likeness (QED) is 0.323. The maximum Gasteiger partial charge on any atom is 0.227 e. The Balaban J connectivity index is 0.00000243. The summed E-state index contributed by atoms with van der Waals surface area (Å²) in [6.07, 6.45) is 3.10. The van der Waals surface area contributed by atoms with Crippen LogP contribution < -0.4 is 21.5 Å². The molecule has 0 fully saturated rings. The van der Waals surface area contributed by atoms with Gasteiger partial charge >= 0.3 is 0 Å². The van der Waals surface area contributed by atoms with Crippen molar-refractivity contribution in [2.45, 2.75) is 24.8 Å². The molecule has 2 aromatic carbocycles. The molecule has 3 aromatic rings. The van der Waals surface area contributed by atoms with Crippen molar-refractivity contribution in [2.75, 3.05) is 5.75 Å². The highest BCUT2D eigenvalue weighted by atomic mass is 79.9. The standard InChI is InChI=1S/C22H22NOS.BrH/c1-18-12-13-19(14-15-25-21-10-6-3-7-11-21)16-23(18)17-22(24)20-8-4-2-5-9-20;/h2-13,16H,14-15,17H2,1H3;1H/q+1;/p-1. The van der Waals surface area contributed by atoms with E-state index in [1.165, 1.54) is 10.5 Å². The van der Waals surface area contributed by atoms with E-state index < -0.39 is 0 Å². The van der Waals surface area contributed by atoms with Crippen LogP contribution in [0, 0.1) is 6.92 Å². The highest BCUT2D eigenvalue weighted by Gasteiger charge is 2.15. The van der Waals surface area contributed by atoms with Crippen LogP contribution in [0.2, 0.25) is 0 Å². The molecule has 1 aromatic heterocycles. The summed E-state index contributed by atoms with van der Waals surface area (Å²) in [7, 11) is 0. The highest BCUT2D eigenvalue weighted by Crippen LogP contribution is 2.18. The summed E-state index contributed by atoms with van der Waals surface area (Å²) >= 11 is 1.86. The number of halogens is 1. The fourth-order valence-corrected chi connectivity index (χ4v) is 3.58. The molecular weight excluding hydrogens is 406 g/mol. The van der Waals surface area contributed by atoms with Crippen LogP contribution in [-0.2, 0) is 13.0 Å². The minimum absolute atomic E-state index is 0. The van der Waals surface area contributed by atoms with Gasteiger partial charge in [0.25, 0.3) is 0 Å². The van der Waals surface area contributed by atoms with Crippen molar-refractivity contribution in [2.24, 2.45) is 0 Å². The minimum atomic E-state index is 0. The van der Waals surface area contributed by atoms with Gasteiger partial charge in [-0.25, -0.2) is 0 Å². The van der Waals surface area contributed by atoms with Gasteiger partial charge in [-0.05, 0) is 24.6 Å². The van der Waals surface area contributed by atoms with Crippen LogP contribution in [0.5, 0.6) is 0 Å². The van der Waals surface area contributed by atoms with Crippen LogP contribution in [0.3, 0.4) is 0 Å². The number of rotatable bonds is 7. The van der Waals surface area contributed by atoms with E-state index in [0.29, 0.717) is 6.54 Å². The zero-order valence-corrected chi connectivity index (χ0v) is 17.2. The smallest absolute Gasteiger partial charge is 0.227 e. The second-order valence-corrected chi connectivity index (χ2v) is 7.18. The van der Waals surface area contributed by atoms with Gasteiger partial charge in [-0.3, -0.25) is 4.79 Å². The second kappa shape index (κ2) is 10.3. The lowest BCUT2D eigenvalue weighted by Gasteiger charge is -2.05. The summed E-state index contributed by atoms with van der Waals surface area (Å²) in [6.45, 7) is 2.43. The third-order valence-corrected chi connectivity index (χ3v) is 5.14. The maximum atomic E-state index is 12.5. The number of nitrogens with zero attached hydrogens (tertiary/aromatic N) is 1. The lowest BCUT2D eigenvalue weighted by molar-refractivity contribution is -0.689. The van der Waals surface area contributed by atoms with Gasteiger partial charge in [0.1, 0.15) is 0 Å². The Labute approximate surface area is 170 Å². The number of aryl methyl sites for hydroxylation is 2. The first kappa shape index (κ1) is 20.4. The van der Waals surface area contributed by atoms with E-state index >= 15 is 0 Å². The van der Waals surface area contributed by atoms with Crippen molar-refractivity contribution >= 4 is 17.5 Å². The lowest BCUT2D eigenvalue weighted by Crippen LogP contribution is -3.00. The molecule has 0 bridgehead atoms. The Morgan fingerprint density at radius 1 is 0.923 bits per heavy atom. The number of aromatic nitrogens is 1. The first-order chi connectivity index (χ1) is 12.2. The van der Waals surface area contributed by atoms with Gasteiger partial charge in [0.05, 0.1) is 0 Å². The first-order valence-electron chi connectivity index (χ1n) is 8.47. The van der Waals surface area contributed by atoms with Crippen molar-refractivity contribution in [1.29, 1.82) is 0 Å². The number of carbonyl (C=O) groups is 1. The van der Waals surface area contributed by atoms with Crippen LogP contribution in [0.15, 0.2) is 83.9 Å². The monoisotopic (exact) mass is 427 g/mol. The fraction of sp³-hybridized carbons (Fsp3) is 0.182. The normalized spacial score (nSPS) is 10.2. The number of thioether (sulfide) groups is 1. The Morgan fingerprint density at radius 2 is 1.58 bits per heavy atom. The molecule has 0 saturated heterocycles. The molecule has 0 aliphatic rings. The van der Waals surface area contributed by atoms with Crippen LogP contribution >= 0.6 is 11.8 Å². The summed E-state index contributed by atoms with van der Waals surface area (Å²) < 4.78 is 2.05. The Bertz CT molecular complexity index is 837. The number of benzene rings is 2. The van der Waals surface area contributed by atoms with E-state index in [1.807, 2.05) is 55.1 Å². The third-order valence-electron chi connectivity index (χ3n) is 4.13. The van der Waals surface area contributed by atoms with Crippen molar-refractivity contribution in [3.63, 3.8) is 0 Å². The molecule has 26 heavy (non-hydrogen) atoms. The van der Waals surface area contributed by atoms with E-state index in [2.05, 4.69) is 47.2 Å². The Kier molecular flexibility index (Phi) is 8.07. The molecule has 2 nitrogen and oxygen atoms in total. The summed E-state index contributed by atoms with van der Waals surface area (Å²) in [5, 5.41) is 0. The van der Waals surface area contributed by atoms with Crippen molar-refractivity contribution in [3.8, 4) is 0 Å². The number of hydrogen-bond donors (Lipinski definition) is 0.